The van der Waals surface area contributed by atoms with Crippen molar-refractivity contribution in [3.05, 3.63) is 53.2 Å². The van der Waals surface area contributed by atoms with E-state index in [1.807, 2.05) is 6.07 Å². The van der Waals surface area contributed by atoms with Crippen molar-refractivity contribution in [2.45, 2.75) is 25.4 Å². The third-order valence-electron chi connectivity index (χ3n) is 4.61. The molecule has 1 unspecified atom stereocenters. The highest BCUT2D eigenvalue weighted by atomic mass is 32.1. The molecule has 2 N–H and O–H groups in total. The first-order valence-electron chi connectivity index (χ1n) is 9.20. The van der Waals surface area contributed by atoms with Crippen molar-refractivity contribution in [3.63, 3.8) is 0 Å². The number of aromatic nitrogens is 3. The number of hydrogen-bond donors (Lipinski definition) is 2. The summed E-state index contributed by atoms with van der Waals surface area (Å²) in [6.45, 7) is 1.59. The summed E-state index contributed by atoms with van der Waals surface area (Å²) in [7, 11) is 0. The lowest BCUT2D eigenvalue weighted by Gasteiger charge is -2.21. The molecular formula is C19H19N7O2S. The topological polar surface area (TPSA) is 120 Å². The molecule has 1 saturated heterocycles. The van der Waals surface area contributed by atoms with Gasteiger partial charge in [-0.25, -0.2) is 15.0 Å². The second kappa shape index (κ2) is 8.81. The van der Waals surface area contributed by atoms with Crippen LogP contribution in [-0.4, -0.2) is 38.8 Å². The fourth-order valence-electron chi connectivity index (χ4n) is 3.26. The van der Waals surface area contributed by atoms with Crippen molar-refractivity contribution in [1.29, 1.82) is 5.26 Å². The van der Waals surface area contributed by atoms with Crippen LogP contribution in [0.4, 0.5) is 11.1 Å². The maximum atomic E-state index is 12.2. The zero-order valence-electron chi connectivity index (χ0n) is 15.5. The van der Waals surface area contributed by atoms with Crippen LogP contribution >= 0.6 is 11.3 Å². The predicted molar refractivity (Wildman–Crippen MR) is 106 cm³/mol. The Labute approximate surface area is 171 Å². The molecule has 1 aliphatic heterocycles. The Bertz CT molecular complexity index is 1010. The second-order valence-corrected chi connectivity index (χ2v) is 7.37. The lowest BCUT2D eigenvalue weighted by molar-refractivity contribution is 0.0944. The number of nitrogens with one attached hydrogen (secondary N) is 2. The molecule has 0 spiro atoms. The molecule has 29 heavy (non-hydrogen) atoms. The summed E-state index contributed by atoms with van der Waals surface area (Å²) in [6.07, 6.45) is 5.27. The third-order valence-corrected chi connectivity index (χ3v) is 5.37. The SMILES string of the molecule is N#CCN1CCCC1c1ccnc(Nc2nc(C(=O)NCc3ccco3)cs2)n1. The molecule has 0 aliphatic carbocycles. The number of carbonyl (C=O) groups is 1. The van der Waals surface area contributed by atoms with Crippen LogP contribution in [0.2, 0.25) is 0 Å². The molecule has 1 aliphatic rings. The van der Waals surface area contributed by atoms with Crippen LogP contribution in [0, 0.1) is 11.3 Å². The van der Waals surface area contributed by atoms with Crippen LogP contribution in [0.25, 0.3) is 0 Å². The number of nitriles is 1. The molecule has 4 heterocycles. The zero-order valence-corrected chi connectivity index (χ0v) is 16.4. The van der Waals surface area contributed by atoms with E-state index < -0.39 is 0 Å². The van der Waals surface area contributed by atoms with E-state index in [0.717, 1.165) is 25.1 Å². The Hall–Kier alpha value is -3.29. The molecule has 1 amide bonds. The number of carbonyl (C=O) groups excluding carboxylic acids is 1. The van der Waals surface area contributed by atoms with Crippen LogP contribution in [0.5, 0.6) is 0 Å². The summed E-state index contributed by atoms with van der Waals surface area (Å²) in [5, 5.41) is 17.0. The van der Waals surface area contributed by atoms with E-state index in [1.54, 1.807) is 30.0 Å². The van der Waals surface area contributed by atoms with Crippen LogP contribution in [0.3, 0.4) is 0 Å². The largest absolute Gasteiger partial charge is 0.467 e. The van der Waals surface area contributed by atoms with E-state index in [2.05, 4.69) is 36.6 Å². The van der Waals surface area contributed by atoms with Crippen molar-refractivity contribution < 1.29 is 9.21 Å². The lowest BCUT2D eigenvalue weighted by Crippen LogP contribution is -2.24. The number of likely N-dealkylation sites (tertiary alicyclic amines) is 1. The second-order valence-electron chi connectivity index (χ2n) is 6.52. The molecule has 3 aromatic rings. The smallest absolute Gasteiger partial charge is 0.271 e. The summed E-state index contributed by atoms with van der Waals surface area (Å²) in [5.41, 5.74) is 1.19. The Morgan fingerprint density at radius 3 is 3.17 bits per heavy atom. The molecule has 1 atom stereocenters. The Kier molecular flexibility index (Phi) is 5.79. The monoisotopic (exact) mass is 409 g/mol. The van der Waals surface area contributed by atoms with Gasteiger partial charge in [0.15, 0.2) is 5.13 Å². The summed E-state index contributed by atoms with van der Waals surface area (Å²) < 4.78 is 5.20. The molecule has 0 aromatic carbocycles. The fourth-order valence-corrected chi connectivity index (χ4v) is 3.95. The minimum Gasteiger partial charge on any atom is -0.467 e. The van der Waals surface area contributed by atoms with Gasteiger partial charge in [-0.1, -0.05) is 0 Å². The third kappa shape index (κ3) is 4.59. The van der Waals surface area contributed by atoms with Gasteiger partial charge in [0.2, 0.25) is 5.95 Å². The van der Waals surface area contributed by atoms with E-state index in [4.69, 9.17) is 9.68 Å². The van der Waals surface area contributed by atoms with Gasteiger partial charge in [0, 0.05) is 11.6 Å². The average Bonchev–Trinajstić information content (AvgIpc) is 3.49. The van der Waals surface area contributed by atoms with Gasteiger partial charge in [-0.2, -0.15) is 5.26 Å². The van der Waals surface area contributed by atoms with Crippen molar-refractivity contribution in [1.82, 2.24) is 25.2 Å². The first-order valence-corrected chi connectivity index (χ1v) is 10.1. The fraction of sp³-hybridized carbons (Fsp3) is 0.316. The summed E-state index contributed by atoms with van der Waals surface area (Å²) in [6, 6.07) is 7.77. The summed E-state index contributed by atoms with van der Waals surface area (Å²) in [5.74, 6) is 0.816. The van der Waals surface area contributed by atoms with E-state index in [9.17, 15) is 4.79 Å². The lowest BCUT2D eigenvalue weighted by atomic mass is 10.1. The van der Waals surface area contributed by atoms with Gasteiger partial charge in [-0.05, 0) is 37.6 Å². The van der Waals surface area contributed by atoms with Crippen LogP contribution < -0.4 is 10.6 Å². The highest BCUT2D eigenvalue weighted by Crippen LogP contribution is 2.30. The van der Waals surface area contributed by atoms with Crippen molar-refractivity contribution in [3.8, 4) is 6.07 Å². The first kappa shape index (κ1) is 19.0. The predicted octanol–water partition coefficient (Wildman–Crippen LogP) is 2.86. The van der Waals surface area contributed by atoms with Gasteiger partial charge in [-0.15, -0.1) is 11.3 Å². The summed E-state index contributed by atoms with van der Waals surface area (Å²) in [4.78, 5) is 27.5. The Balaban J connectivity index is 1.40. The average molecular weight is 409 g/mol. The molecule has 148 valence electrons. The Morgan fingerprint density at radius 2 is 2.34 bits per heavy atom. The van der Waals surface area contributed by atoms with Crippen molar-refractivity contribution in [2.24, 2.45) is 0 Å². The number of thiazole rings is 1. The zero-order chi connectivity index (χ0) is 20.1. The maximum absolute atomic E-state index is 12.2. The normalized spacial score (nSPS) is 16.4. The number of rotatable bonds is 7. The first-order chi connectivity index (χ1) is 14.2. The minimum atomic E-state index is -0.279. The molecule has 3 aromatic heterocycles. The van der Waals surface area contributed by atoms with Crippen LogP contribution in [0.15, 0.2) is 40.5 Å². The molecule has 0 saturated carbocycles. The quantitative estimate of drug-likeness (QED) is 0.572. The molecule has 9 nitrogen and oxygen atoms in total. The Morgan fingerprint density at radius 1 is 1.41 bits per heavy atom. The highest BCUT2D eigenvalue weighted by molar-refractivity contribution is 7.14. The minimum absolute atomic E-state index is 0.123. The van der Waals surface area contributed by atoms with Gasteiger partial charge < -0.3 is 15.1 Å². The van der Waals surface area contributed by atoms with E-state index in [-0.39, 0.29) is 11.9 Å². The van der Waals surface area contributed by atoms with Crippen molar-refractivity contribution in [2.75, 3.05) is 18.4 Å². The maximum Gasteiger partial charge on any atom is 0.271 e. The molecule has 1 fully saturated rings. The van der Waals surface area contributed by atoms with Crippen molar-refractivity contribution >= 4 is 28.3 Å². The van der Waals surface area contributed by atoms with Crippen LogP contribution in [-0.2, 0) is 6.54 Å². The number of hydrogen-bond acceptors (Lipinski definition) is 9. The molecular weight excluding hydrogens is 390 g/mol. The van der Waals surface area contributed by atoms with Gasteiger partial charge in [0.25, 0.3) is 5.91 Å². The van der Waals surface area contributed by atoms with Gasteiger partial charge in [0.1, 0.15) is 11.5 Å². The molecule has 0 bridgehead atoms. The van der Waals surface area contributed by atoms with Gasteiger partial charge in [-0.3, -0.25) is 9.69 Å². The number of furan rings is 1. The number of anilines is 2. The van der Waals surface area contributed by atoms with Gasteiger partial charge in [0.05, 0.1) is 37.2 Å². The molecule has 0 radical (unpaired) electrons. The number of nitrogens with zero attached hydrogens (tertiary/aromatic N) is 5. The van der Waals surface area contributed by atoms with E-state index in [0.29, 0.717) is 35.6 Å². The van der Waals surface area contributed by atoms with Gasteiger partial charge >= 0.3 is 0 Å². The van der Waals surface area contributed by atoms with E-state index in [1.165, 1.54) is 11.3 Å². The number of amides is 1. The molecule has 4 rings (SSSR count). The van der Waals surface area contributed by atoms with E-state index >= 15 is 0 Å². The van der Waals surface area contributed by atoms with Crippen LogP contribution in [0.1, 0.15) is 40.8 Å². The highest BCUT2D eigenvalue weighted by Gasteiger charge is 2.27. The summed E-state index contributed by atoms with van der Waals surface area (Å²) >= 11 is 1.30. The standard InChI is InChI=1S/C19H19N7O2S/c20-6-9-26-8-1-4-16(26)14-5-7-21-18(23-14)25-19-24-15(12-29-19)17(27)22-11-13-3-2-10-28-13/h2-3,5,7,10,12,16H,1,4,8-9,11H2,(H,22,27)(H,21,23,24,25). The molecule has 10 heteroatoms.